The SMILES string of the molecule is CCc1ccc(N2C(=O)C3CC=C4C(CC5C(=O)C(c6ccccc6)=CC(=O)C5(c5ccccc5)C4C=Cc4ccc(O)c(OC)c4)C3C2=O)cc1. The Morgan fingerprint density at radius 3 is 2.27 bits per heavy atom. The second-order valence-electron chi connectivity index (χ2n) is 14.2. The van der Waals surface area contributed by atoms with Gasteiger partial charge in [0.2, 0.25) is 11.8 Å². The van der Waals surface area contributed by atoms with Gasteiger partial charge in [0.15, 0.2) is 23.1 Å². The highest BCUT2D eigenvalue weighted by Crippen LogP contribution is 2.61. The number of aromatic hydroxyl groups is 1. The predicted molar refractivity (Wildman–Crippen MR) is 199 cm³/mol. The zero-order chi connectivity index (χ0) is 36.1. The van der Waals surface area contributed by atoms with Crippen LogP contribution < -0.4 is 9.64 Å². The molecule has 3 aliphatic carbocycles. The van der Waals surface area contributed by atoms with E-state index in [2.05, 4.69) is 13.0 Å². The largest absolute Gasteiger partial charge is 0.504 e. The normalized spacial score (nSPS) is 26.8. The van der Waals surface area contributed by atoms with E-state index in [0.717, 1.165) is 28.7 Å². The van der Waals surface area contributed by atoms with Crippen molar-refractivity contribution in [3.8, 4) is 11.5 Å². The molecule has 1 heterocycles. The molecule has 7 nitrogen and oxygen atoms in total. The van der Waals surface area contributed by atoms with Gasteiger partial charge < -0.3 is 9.84 Å². The number of imide groups is 1. The van der Waals surface area contributed by atoms with Gasteiger partial charge in [0, 0.05) is 17.4 Å². The Hall–Kier alpha value is -5.82. The summed E-state index contributed by atoms with van der Waals surface area (Å²) in [5.74, 6) is -3.63. The van der Waals surface area contributed by atoms with Gasteiger partial charge in [-0.05, 0) is 77.8 Å². The lowest BCUT2D eigenvalue weighted by Gasteiger charge is -2.54. The molecule has 1 saturated heterocycles. The molecule has 7 heteroatoms. The van der Waals surface area contributed by atoms with Gasteiger partial charge in [0.1, 0.15) is 0 Å². The number of nitrogens with zero attached hydrogens (tertiary/aromatic N) is 1. The van der Waals surface area contributed by atoms with E-state index < -0.39 is 35.0 Å². The number of hydrogen-bond donors (Lipinski definition) is 1. The molecule has 4 aromatic carbocycles. The van der Waals surface area contributed by atoms with Crippen LogP contribution in [0.5, 0.6) is 11.5 Å². The van der Waals surface area contributed by atoms with Crippen LogP contribution >= 0.6 is 0 Å². The van der Waals surface area contributed by atoms with Gasteiger partial charge in [0.25, 0.3) is 0 Å². The minimum atomic E-state index is -1.30. The van der Waals surface area contributed by atoms with E-state index in [-0.39, 0.29) is 35.6 Å². The van der Waals surface area contributed by atoms with Gasteiger partial charge >= 0.3 is 0 Å². The standard InChI is InChI=1S/C45H39NO6/c1-3-27-14-18-31(19-15-27)46-43(50)33-21-20-32-35(41(33)44(46)51)25-37-42(49)34(29-10-6-4-7-11-29)26-40(48)45(37,30-12-8-5-9-13-30)36(32)22-16-28-17-23-38(47)39(24-28)52-2/h4-20,22-24,26,33,35-37,41,47H,3,21,25H2,1-2H3. The van der Waals surface area contributed by atoms with Crippen molar-refractivity contribution in [1.29, 1.82) is 0 Å². The van der Waals surface area contributed by atoms with Crippen LogP contribution in [-0.2, 0) is 31.0 Å². The Labute approximate surface area is 302 Å². The summed E-state index contributed by atoms with van der Waals surface area (Å²) in [5, 5.41) is 10.3. The summed E-state index contributed by atoms with van der Waals surface area (Å²) in [6, 6.07) is 31.3. The minimum absolute atomic E-state index is 0.00386. The number of anilines is 1. The number of benzene rings is 4. The molecule has 52 heavy (non-hydrogen) atoms. The number of carbonyl (C=O) groups is 4. The quantitative estimate of drug-likeness (QED) is 0.159. The molecular weight excluding hydrogens is 650 g/mol. The molecule has 6 unspecified atom stereocenters. The maximum atomic E-state index is 15.1. The summed E-state index contributed by atoms with van der Waals surface area (Å²) in [6.45, 7) is 2.06. The van der Waals surface area contributed by atoms with Crippen LogP contribution in [0.3, 0.4) is 0 Å². The van der Waals surface area contributed by atoms with Crippen molar-refractivity contribution >= 4 is 40.7 Å². The monoisotopic (exact) mass is 689 g/mol. The summed E-state index contributed by atoms with van der Waals surface area (Å²) in [7, 11) is 1.48. The summed E-state index contributed by atoms with van der Waals surface area (Å²) >= 11 is 0. The topological polar surface area (TPSA) is 101 Å². The average molecular weight is 690 g/mol. The van der Waals surface area contributed by atoms with E-state index in [9.17, 15) is 14.7 Å². The zero-order valence-corrected chi connectivity index (χ0v) is 29.1. The van der Waals surface area contributed by atoms with Gasteiger partial charge in [-0.3, -0.25) is 24.1 Å². The third kappa shape index (κ3) is 5.09. The van der Waals surface area contributed by atoms with Crippen LogP contribution in [0.4, 0.5) is 5.69 Å². The molecule has 1 N–H and O–H groups in total. The number of hydrogen-bond acceptors (Lipinski definition) is 6. The molecule has 2 fully saturated rings. The van der Waals surface area contributed by atoms with E-state index >= 15 is 9.59 Å². The van der Waals surface area contributed by atoms with Crippen molar-refractivity contribution in [2.45, 2.75) is 31.6 Å². The number of phenolic OH excluding ortho intramolecular Hbond substituents is 1. The van der Waals surface area contributed by atoms with Crippen LogP contribution in [0.25, 0.3) is 11.6 Å². The van der Waals surface area contributed by atoms with Gasteiger partial charge in [0.05, 0.1) is 30.0 Å². The number of allylic oxidation sites excluding steroid dienone is 5. The third-order valence-electron chi connectivity index (χ3n) is 11.7. The molecule has 0 spiro atoms. The maximum Gasteiger partial charge on any atom is 0.238 e. The lowest BCUT2D eigenvalue weighted by molar-refractivity contribution is -0.135. The molecular formula is C45H39NO6. The zero-order valence-electron chi connectivity index (χ0n) is 29.1. The molecule has 0 aromatic heterocycles. The minimum Gasteiger partial charge on any atom is -0.504 e. The fourth-order valence-electron chi connectivity index (χ4n) is 9.26. The van der Waals surface area contributed by atoms with E-state index in [1.54, 1.807) is 18.2 Å². The van der Waals surface area contributed by atoms with E-state index in [0.29, 0.717) is 29.0 Å². The number of carbonyl (C=O) groups excluding carboxylic acids is 4. The Morgan fingerprint density at radius 2 is 1.58 bits per heavy atom. The Morgan fingerprint density at radius 1 is 0.865 bits per heavy atom. The van der Waals surface area contributed by atoms with Crippen LogP contribution in [0.2, 0.25) is 0 Å². The molecule has 2 amide bonds. The summed E-state index contributed by atoms with van der Waals surface area (Å²) in [6.07, 6.45) is 8.87. The maximum absolute atomic E-state index is 15.1. The number of rotatable bonds is 7. The fraction of sp³-hybridized carbons (Fsp3) is 0.244. The number of aryl methyl sites for hydroxylation is 1. The first-order valence-corrected chi connectivity index (χ1v) is 17.9. The van der Waals surface area contributed by atoms with Crippen molar-refractivity contribution in [3.05, 3.63) is 149 Å². The van der Waals surface area contributed by atoms with E-state index in [1.807, 2.05) is 97.1 Å². The number of methoxy groups -OCH3 is 1. The lowest BCUT2D eigenvalue weighted by Crippen LogP contribution is -2.59. The highest BCUT2D eigenvalue weighted by Gasteiger charge is 2.65. The van der Waals surface area contributed by atoms with Gasteiger partial charge in [-0.1, -0.05) is 110 Å². The van der Waals surface area contributed by atoms with Crippen molar-refractivity contribution in [2.24, 2.45) is 29.6 Å². The predicted octanol–water partition coefficient (Wildman–Crippen LogP) is 7.54. The Balaban J connectivity index is 1.31. The van der Waals surface area contributed by atoms with Crippen molar-refractivity contribution in [2.75, 3.05) is 12.0 Å². The average Bonchev–Trinajstić information content (AvgIpc) is 3.44. The molecule has 6 atom stereocenters. The molecule has 0 bridgehead atoms. The molecule has 4 aromatic rings. The number of fused-ring (bicyclic) bond motifs is 4. The highest BCUT2D eigenvalue weighted by molar-refractivity contribution is 6.31. The van der Waals surface area contributed by atoms with Crippen LogP contribution in [0.15, 0.2) is 127 Å². The molecule has 1 aliphatic heterocycles. The second kappa shape index (κ2) is 13.1. The number of phenols is 1. The Kier molecular flexibility index (Phi) is 8.37. The van der Waals surface area contributed by atoms with Crippen molar-refractivity contribution in [1.82, 2.24) is 0 Å². The summed E-state index contributed by atoms with van der Waals surface area (Å²) in [5.41, 5.74) is 3.74. The number of amides is 2. The van der Waals surface area contributed by atoms with Crippen LogP contribution in [-0.4, -0.2) is 35.6 Å². The number of ketones is 2. The number of Topliss-reactive ketones (excluding diaryl/α,β-unsaturated/α-hetero) is 1. The second-order valence-corrected chi connectivity index (χ2v) is 14.2. The first kappa shape index (κ1) is 33.3. The van der Waals surface area contributed by atoms with Gasteiger partial charge in [-0.25, -0.2) is 0 Å². The molecule has 260 valence electrons. The van der Waals surface area contributed by atoms with Crippen molar-refractivity contribution in [3.63, 3.8) is 0 Å². The van der Waals surface area contributed by atoms with Gasteiger partial charge in [-0.2, -0.15) is 0 Å². The smallest absolute Gasteiger partial charge is 0.238 e. The van der Waals surface area contributed by atoms with Crippen LogP contribution in [0.1, 0.15) is 42.0 Å². The molecule has 4 aliphatic rings. The number of ether oxygens (including phenoxy) is 1. The summed E-state index contributed by atoms with van der Waals surface area (Å²) < 4.78 is 5.38. The molecule has 1 saturated carbocycles. The lowest BCUT2D eigenvalue weighted by atomic mass is 9.45. The van der Waals surface area contributed by atoms with E-state index in [4.69, 9.17) is 4.74 Å². The first-order chi connectivity index (χ1) is 25.3. The summed E-state index contributed by atoms with van der Waals surface area (Å²) in [4.78, 5) is 60.1. The fourth-order valence-corrected chi connectivity index (χ4v) is 9.26. The Bertz CT molecular complexity index is 2180. The van der Waals surface area contributed by atoms with E-state index in [1.165, 1.54) is 18.1 Å². The molecule has 0 radical (unpaired) electrons. The van der Waals surface area contributed by atoms with Crippen molar-refractivity contribution < 1.29 is 29.0 Å². The highest BCUT2D eigenvalue weighted by atomic mass is 16.5. The third-order valence-corrected chi connectivity index (χ3v) is 11.7. The van der Waals surface area contributed by atoms with Gasteiger partial charge in [-0.15, -0.1) is 0 Å². The van der Waals surface area contributed by atoms with Crippen LogP contribution in [0, 0.1) is 29.6 Å². The molecule has 8 rings (SSSR count). The first-order valence-electron chi connectivity index (χ1n) is 17.9.